The van der Waals surface area contributed by atoms with Crippen molar-refractivity contribution >= 4 is 45.1 Å². The van der Waals surface area contributed by atoms with E-state index in [0.29, 0.717) is 20.1 Å². The Balaban J connectivity index is 1.54. The molecule has 0 saturated heterocycles. The van der Waals surface area contributed by atoms with Crippen LogP contribution < -0.4 is 4.74 Å². The summed E-state index contributed by atoms with van der Waals surface area (Å²) in [6.45, 7) is -0.863. The minimum atomic E-state index is -4.05. The molecule has 3 rings (SSSR count). The van der Waals surface area contributed by atoms with Gasteiger partial charge in [-0.05, 0) is 30.3 Å². The fraction of sp³-hybridized carbons (Fsp3) is 0.176. The standard InChI is InChI=1S/C17H13Cl2NO6S/c18-11-5-6-14(13(19)9-11)25-7-8-26-16(21)10-20-17(22)12-3-1-2-4-15(12)27(20,23)24/h1-6,9H,7-8,10H2. The summed E-state index contributed by atoms with van der Waals surface area (Å²) < 4.78 is 35.5. The van der Waals surface area contributed by atoms with Gasteiger partial charge in [-0.2, -0.15) is 0 Å². The number of halogens is 2. The third-order valence-electron chi connectivity index (χ3n) is 3.68. The van der Waals surface area contributed by atoms with Gasteiger partial charge in [-0.15, -0.1) is 0 Å². The third-order valence-corrected chi connectivity index (χ3v) is 6.00. The van der Waals surface area contributed by atoms with Gasteiger partial charge < -0.3 is 9.47 Å². The number of nitrogens with zero attached hydrogens (tertiary/aromatic N) is 1. The second kappa shape index (κ2) is 7.75. The van der Waals surface area contributed by atoms with Gasteiger partial charge in [0.05, 0.1) is 10.6 Å². The lowest BCUT2D eigenvalue weighted by molar-refractivity contribution is -0.144. The number of fused-ring (bicyclic) bond motifs is 1. The topological polar surface area (TPSA) is 90.0 Å². The molecule has 27 heavy (non-hydrogen) atoms. The molecular formula is C17H13Cl2NO6S. The molecule has 1 amide bonds. The minimum absolute atomic E-state index is 0.00594. The lowest BCUT2D eigenvalue weighted by Gasteiger charge is -2.14. The van der Waals surface area contributed by atoms with E-state index in [1.165, 1.54) is 24.3 Å². The lowest BCUT2D eigenvalue weighted by Crippen LogP contribution is -2.36. The second-order valence-corrected chi connectivity index (χ2v) is 8.13. The summed E-state index contributed by atoms with van der Waals surface area (Å²) in [5.41, 5.74) is 0.0333. The Bertz CT molecular complexity index is 1010. The summed E-state index contributed by atoms with van der Waals surface area (Å²) in [5, 5.41) is 0.761. The first-order chi connectivity index (χ1) is 12.8. The molecule has 0 aliphatic carbocycles. The Labute approximate surface area is 165 Å². The Morgan fingerprint density at radius 3 is 2.52 bits per heavy atom. The van der Waals surface area contributed by atoms with E-state index in [2.05, 4.69) is 0 Å². The van der Waals surface area contributed by atoms with Crippen molar-refractivity contribution in [1.82, 2.24) is 4.31 Å². The molecule has 2 aromatic carbocycles. The molecule has 0 atom stereocenters. The zero-order valence-corrected chi connectivity index (χ0v) is 16.1. The largest absolute Gasteiger partial charge is 0.488 e. The smallest absolute Gasteiger partial charge is 0.327 e. The van der Waals surface area contributed by atoms with Crippen molar-refractivity contribution in [3.05, 3.63) is 58.1 Å². The van der Waals surface area contributed by atoms with Gasteiger partial charge in [0.2, 0.25) is 0 Å². The molecule has 0 N–H and O–H groups in total. The second-order valence-electron chi connectivity index (χ2n) is 5.46. The van der Waals surface area contributed by atoms with Crippen LogP contribution in [0.2, 0.25) is 10.0 Å². The first-order valence-electron chi connectivity index (χ1n) is 7.70. The molecule has 0 spiro atoms. The van der Waals surface area contributed by atoms with Crippen LogP contribution in [0.25, 0.3) is 0 Å². The molecule has 142 valence electrons. The molecule has 7 nitrogen and oxygen atoms in total. The van der Waals surface area contributed by atoms with Crippen molar-refractivity contribution in [2.75, 3.05) is 19.8 Å². The fourth-order valence-corrected chi connectivity index (χ4v) is 4.43. The molecule has 0 saturated carbocycles. The summed E-state index contributed by atoms with van der Waals surface area (Å²) in [6, 6.07) is 10.4. The zero-order valence-electron chi connectivity index (χ0n) is 13.7. The molecule has 0 radical (unpaired) electrons. The van der Waals surface area contributed by atoms with Gasteiger partial charge in [0, 0.05) is 5.02 Å². The quantitative estimate of drug-likeness (QED) is 0.517. The van der Waals surface area contributed by atoms with Crippen LogP contribution in [0.15, 0.2) is 47.4 Å². The molecule has 0 unspecified atom stereocenters. The molecule has 0 fully saturated rings. The maximum Gasteiger partial charge on any atom is 0.327 e. The molecule has 1 heterocycles. The van der Waals surface area contributed by atoms with Crippen molar-refractivity contribution < 1.29 is 27.5 Å². The third kappa shape index (κ3) is 4.02. The number of rotatable bonds is 6. The highest BCUT2D eigenvalue weighted by Crippen LogP contribution is 2.30. The van der Waals surface area contributed by atoms with Gasteiger partial charge >= 0.3 is 5.97 Å². The van der Waals surface area contributed by atoms with Crippen LogP contribution in [0.3, 0.4) is 0 Å². The van der Waals surface area contributed by atoms with Crippen LogP contribution >= 0.6 is 23.2 Å². The maximum atomic E-state index is 12.4. The predicted octanol–water partition coefficient (Wildman–Crippen LogP) is 2.76. The van der Waals surface area contributed by atoms with Crippen LogP contribution in [0.4, 0.5) is 0 Å². The zero-order chi connectivity index (χ0) is 19.6. The summed E-state index contributed by atoms with van der Waals surface area (Å²) in [5.74, 6) is -1.26. The molecule has 2 aromatic rings. The summed E-state index contributed by atoms with van der Waals surface area (Å²) in [7, 11) is -4.05. The van der Waals surface area contributed by atoms with E-state index in [9.17, 15) is 18.0 Å². The lowest BCUT2D eigenvalue weighted by atomic mass is 10.2. The van der Waals surface area contributed by atoms with E-state index >= 15 is 0 Å². The molecular weight excluding hydrogens is 417 g/mol. The van der Waals surface area contributed by atoms with Crippen LogP contribution in [-0.4, -0.2) is 44.4 Å². The Morgan fingerprint density at radius 1 is 1.07 bits per heavy atom. The number of amides is 1. The maximum absolute atomic E-state index is 12.4. The highest BCUT2D eigenvalue weighted by atomic mass is 35.5. The van der Waals surface area contributed by atoms with Gasteiger partial charge in [-0.25, -0.2) is 12.7 Å². The van der Waals surface area contributed by atoms with Crippen LogP contribution in [0.5, 0.6) is 5.75 Å². The predicted molar refractivity (Wildman–Crippen MR) is 97.6 cm³/mol. The van der Waals surface area contributed by atoms with Gasteiger partial charge in [0.25, 0.3) is 15.9 Å². The van der Waals surface area contributed by atoms with Gasteiger partial charge in [0.15, 0.2) is 0 Å². The highest BCUT2D eigenvalue weighted by molar-refractivity contribution is 7.90. The summed E-state index contributed by atoms with van der Waals surface area (Å²) in [4.78, 5) is 24.0. The van der Waals surface area contributed by atoms with Gasteiger partial charge in [-0.1, -0.05) is 35.3 Å². The van der Waals surface area contributed by atoms with Gasteiger partial charge in [-0.3, -0.25) is 9.59 Å². The number of esters is 1. The number of sulfonamides is 1. The van der Waals surface area contributed by atoms with E-state index in [1.54, 1.807) is 18.2 Å². The average molecular weight is 430 g/mol. The first-order valence-corrected chi connectivity index (χ1v) is 9.90. The highest BCUT2D eigenvalue weighted by Gasteiger charge is 2.42. The number of hydrogen-bond donors (Lipinski definition) is 0. The number of ether oxygens (including phenoxy) is 2. The normalized spacial score (nSPS) is 14.7. The number of carbonyl (C=O) groups is 2. The average Bonchev–Trinajstić information content (AvgIpc) is 2.81. The molecule has 0 aromatic heterocycles. The van der Waals surface area contributed by atoms with E-state index in [-0.39, 0.29) is 23.7 Å². The van der Waals surface area contributed by atoms with Crippen LogP contribution in [0.1, 0.15) is 10.4 Å². The Morgan fingerprint density at radius 2 is 1.81 bits per heavy atom. The SMILES string of the molecule is O=C(CN1C(=O)c2ccccc2S1(=O)=O)OCCOc1ccc(Cl)cc1Cl. The van der Waals surface area contributed by atoms with Crippen molar-refractivity contribution in [2.24, 2.45) is 0 Å². The number of hydrogen-bond acceptors (Lipinski definition) is 6. The van der Waals surface area contributed by atoms with Gasteiger partial charge in [0.1, 0.15) is 30.4 Å². The van der Waals surface area contributed by atoms with Crippen molar-refractivity contribution in [1.29, 1.82) is 0 Å². The Hall–Kier alpha value is -2.29. The number of benzene rings is 2. The monoisotopic (exact) mass is 429 g/mol. The van der Waals surface area contributed by atoms with E-state index in [1.807, 2.05) is 0 Å². The summed E-state index contributed by atoms with van der Waals surface area (Å²) in [6.07, 6.45) is 0. The van der Waals surface area contributed by atoms with Crippen molar-refractivity contribution in [3.8, 4) is 5.75 Å². The molecule has 1 aliphatic rings. The Kier molecular flexibility index (Phi) is 5.59. The number of carbonyl (C=O) groups excluding carboxylic acids is 2. The van der Waals surface area contributed by atoms with E-state index < -0.39 is 28.4 Å². The van der Waals surface area contributed by atoms with Crippen LogP contribution in [0, 0.1) is 0 Å². The molecule has 1 aliphatic heterocycles. The fourth-order valence-electron chi connectivity index (χ4n) is 2.45. The molecule has 10 heteroatoms. The van der Waals surface area contributed by atoms with Crippen molar-refractivity contribution in [3.63, 3.8) is 0 Å². The van der Waals surface area contributed by atoms with Crippen molar-refractivity contribution in [2.45, 2.75) is 4.90 Å². The van der Waals surface area contributed by atoms with Crippen LogP contribution in [-0.2, 0) is 19.6 Å². The van der Waals surface area contributed by atoms with E-state index in [4.69, 9.17) is 32.7 Å². The molecule has 0 bridgehead atoms. The minimum Gasteiger partial charge on any atom is -0.488 e. The first kappa shape index (κ1) is 19.5. The summed E-state index contributed by atoms with van der Waals surface area (Å²) >= 11 is 11.7. The van der Waals surface area contributed by atoms with E-state index in [0.717, 1.165) is 0 Å².